The Kier molecular flexibility index (Phi) is 5.04. The maximum Gasteiger partial charge on any atom is 0.331 e. The van der Waals surface area contributed by atoms with Gasteiger partial charge in [0.1, 0.15) is 0 Å². The first kappa shape index (κ1) is 18.8. The topological polar surface area (TPSA) is 84.9 Å². The fourth-order valence-electron chi connectivity index (χ4n) is 5.74. The Hall–Kier alpha value is -2.50. The molecule has 2 N–H and O–H groups in total. The number of esters is 1. The highest BCUT2D eigenvalue weighted by atomic mass is 16.5. The molecule has 0 atom stereocenters. The van der Waals surface area contributed by atoms with Crippen molar-refractivity contribution >= 4 is 18.0 Å². The summed E-state index contributed by atoms with van der Waals surface area (Å²) < 4.78 is 10.1. The third kappa shape index (κ3) is 4.01. The van der Waals surface area contributed by atoms with Gasteiger partial charge in [0.2, 0.25) is 0 Å². The number of rotatable bonds is 6. The van der Waals surface area contributed by atoms with Gasteiger partial charge in [0.25, 0.3) is 5.91 Å². The molecule has 0 spiro atoms. The van der Waals surface area contributed by atoms with E-state index in [1.807, 2.05) is 0 Å². The van der Waals surface area contributed by atoms with Crippen LogP contribution >= 0.6 is 0 Å². The lowest BCUT2D eigenvalue weighted by Crippen LogP contribution is -2.60. The Bertz CT molecular complexity index is 765. The minimum absolute atomic E-state index is 0.0311. The Balaban J connectivity index is 1.27. The molecule has 1 amide bonds. The van der Waals surface area contributed by atoms with E-state index in [4.69, 9.17) is 9.47 Å². The lowest BCUT2D eigenvalue weighted by molar-refractivity contribution is -0.145. The van der Waals surface area contributed by atoms with Gasteiger partial charge in [0.05, 0.1) is 7.11 Å². The number of carbonyl (C=O) groups excluding carboxylic acids is 2. The molecule has 4 bridgehead atoms. The molecule has 0 radical (unpaired) electrons. The van der Waals surface area contributed by atoms with E-state index >= 15 is 0 Å². The largest absolute Gasteiger partial charge is 0.504 e. The van der Waals surface area contributed by atoms with E-state index in [0.29, 0.717) is 11.3 Å². The van der Waals surface area contributed by atoms with E-state index in [0.717, 1.165) is 37.0 Å². The number of methoxy groups -OCH3 is 1. The van der Waals surface area contributed by atoms with Crippen LogP contribution in [0, 0.1) is 17.8 Å². The van der Waals surface area contributed by atoms with Crippen LogP contribution in [-0.4, -0.2) is 36.2 Å². The van der Waals surface area contributed by atoms with Gasteiger partial charge in [-0.3, -0.25) is 4.79 Å². The van der Waals surface area contributed by atoms with Crippen LogP contribution in [0.1, 0.15) is 44.1 Å². The molecule has 4 fully saturated rings. The first-order chi connectivity index (χ1) is 13.4. The number of aromatic hydroxyl groups is 1. The number of benzene rings is 1. The Morgan fingerprint density at radius 1 is 1.18 bits per heavy atom. The predicted molar refractivity (Wildman–Crippen MR) is 104 cm³/mol. The number of ether oxygens (including phenoxy) is 2. The van der Waals surface area contributed by atoms with E-state index in [9.17, 15) is 14.7 Å². The van der Waals surface area contributed by atoms with Crippen LogP contribution in [0.3, 0.4) is 0 Å². The fourth-order valence-corrected chi connectivity index (χ4v) is 5.74. The molecular formula is C22H27NO5. The molecule has 4 aliphatic rings. The molecule has 1 aromatic carbocycles. The highest BCUT2D eigenvalue weighted by molar-refractivity contribution is 5.89. The van der Waals surface area contributed by atoms with Gasteiger partial charge in [-0.15, -0.1) is 0 Å². The molecule has 5 rings (SSSR count). The normalized spacial score (nSPS) is 30.4. The summed E-state index contributed by atoms with van der Waals surface area (Å²) in [6.07, 6.45) is 9.99. The minimum atomic E-state index is -0.576. The molecule has 0 aliphatic heterocycles. The van der Waals surface area contributed by atoms with Crippen LogP contribution in [-0.2, 0) is 14.3 Å². The molecule has 0 saturated heterocycles. The van der Waals surface area contributed by atoms with Gasteiger partial charge in [-0.2, -0.15) is 0 Å². The fraction of sp³-hybridized carbons (Fsp3) is 0.545. The number of nitrogens with one attached hydrogen (secondary N) is 1. The second kappa shape index (κ2) is 7.49. The highest BCUT2D eigenvalue weighted by Crippen LogP contribution is 2.55. The number of phenolic OH excluding ortho intramolecular Hbond substituents is 1. The van der Waals surface area contributed by atoms with Gasteiger partial charge in [0.15, 0.2) is 18.1 Å². The van der Waals surface area contributed by atoms with Gasteiger partial charge in [-0.25, -0.2) is 4.79 Å². The Morgan fingerprint density at radius 3 is 2.43 bits per heavy atom. The predicted octanol–water partition coefficient (Wildman–Crippen LogP) is 3.04. The van der Waals surface area contributed by atoms with Crippen molar-refractivity contribution in [2.45, 2.75) is 44.1 Å². The van der Waals surface area contributed by atoms with Crippen LogP contribution in [0.25, 0.3) is 6.08 Å². The van der Waals surface area contributed by atoms with Crippen LogP contribution in [0.4, 0.5) is 0 Å². The average Bonchev–Trinajstić information content (AvgIpc) is 2.64. The van der Waals surface area contributed by atoms with Crippen molar-refractivity contribution in [2.24, 2.45) is 17.8 Å². The third-order valence-electron chi connectivity index (χ3n) is 6.40. The molecule has 0 heterocycles. The van der Waals surface area contributed by atoms with Crippen molar-refractivity contribution in [2.75, 3.05) is 13.7 Å². The van der Waals surface area contributed by atoms with Crippen LogP contribution in [0.5, 0.6) is 11.5 Å². The van der Waals surface area contributed by atoms with Gasteiger partial charge in [-0.05, 0) is 80.1 Å². The standard InChI is InChI=1S/C22H27NO5/c1-27-19-9-14(2-4-18(19)24)3-5-21(26)28-13-20(25)23-22-10-15-6-16(11-22)8-17(7-15)12-22/h2-5,9,15-17,24H,6-8,10-13H2,1H3,(H,23,25)/b5-3+. The van der Waals surface area contributed by atoms with Gasteiger partial charge in [0, 0.05) is 11.6 Å². The monoisotopic (exact) mass is 385 g/mol. The van der Waals surface area contributed by atoms with Crippen molar-refractivity contribution in [1.82, 2.24) is 5.32 Å². The van der Waals surface area contributed by atoms with Crippen molar-refractivity contribution in [3.63, 3.8) is 0 Å². The van der Waals surface area contributed by atoms with Gasteiger partial charge < -0.3 is 19.9 Å². The van der Waals surface area contributed by atoms with Gasteiger partial charge in [-0.1, -0.05) is 6.07 Å². The zero-order chi connectivity index (χ0) is 19.7. The van der Waals surface area contributed by atoms with Crippen LogP contribution in [0.15, 0.2) is 24.3 Å². The molecule has 1 aromatic rings. The van der Waals surface area contributed by atoms with Gasteiger partial charge >= 0.3 is 5.97 Å². The summed E-state index contributed by atoms with van der Waals surface area (Å²) in [5, 5.41) is 12.8. The van der Waals surface area contributed by atoms with E-state index in [1.165, 1.54) is 38.5 Å². The summed E-state index contributed by atoms with van der Waals surface area (Å²) in [6.45, 7) is -0.260. The molecular weight excluding hydrogens is 358 g/mol. The van der Waals surface area contributed by atoms with Crippen LogP contribution < -0.4 is 10.1 Å². The average molecular weight is 385 g/mol. The zero-order valence-corrected chi connectivity index (χ0v) is 16.1. The summed E-state index contributed by atoms with van der Waals surface area (Å²) in [5.41, 5.74) is 0.612. The summed E-state index contributed by atoms with van der Waals surface area (Å²) in [5.74, 6) is 1.81. The number of phenols is 1. The number of hydrogen-bond donors (Lipinski definition) is 2. The Labute approximate surface area is 164 Å². The number of amides is 1. The van der Waals surface area contributed by atoms with Crippen molar-refractivity contribution < 1.29 is 24.2 Å². The number of hydrogen-bond acceptors (Lipinski definition) is 5. The first-order valence-electron chi connectivity index (χ1n) is 9.97. The molecule has 150 valence electrons. The second-order valence-electron chi connectivity index (χ2n) is 8.62. The summed E-state index contributed by atoms with van der Waals surface area (Å²) in [6, 6.07) is 4.75. The quantitative estimate of drug-likeness (QED) is 0.581. The molecule has 4 saturated carbocycles. The van der Waals surface area contributed by atoms with E-state index in [1.54, 1.807) is 18.2 Å². The number of carbonyl (C=O) groups is 2. The SMILES string of the molecule is COc1cc(/C=C/C(=O)OCC(=O)NC23CC4CC(CC(C4)C2)C3)ccc1O. The maximum atomic E-state index is 12.4. The first-order valence-corrected chi connectivity index (χ1v) is 9.97. The smallest absolute Gasteiger partial charge is 0.331 e. The third-order valence-corrected chi connectivity index (χ3v) is 6.40. The maximum absolute atomic E-state index is 12.4. The molecule has 0 aromatic heterocycles. The molecule has 0 unspecified atom stereocenters. The second-order valence-corrected chi connectivity index (χ2v) is 8.62. The van der Waals surface area contributed by atoms with Crippen molar-refractivity contribution in [3.05, 3.63) is 29.8 Å². The molecule has 28 heavy (non-hydrogen) atoms. The minimum Gasteiger partial charge on any atom is -0.504 e. The Morgan fingerprint density at radius 2 is 1.82 bits per heavy atom. The van der Waals surface area contributed by atoms with E-state index in [2.05, 4.69) is 5.32 Å². The van der Waals surface area contributed by atoms with E-state index in [-0.39, 0.29) is 23.8 Å². The van der Waals surface area contributed by atoms with E-state index < -0.39 is 5.97 Å². The summed E-state index contributed by atoms with van der Waals surface area (Å²) in [7, 11) is 1.46. The lowest BCUT2D eigenvalue weighted by Gasteiger charge is -2.56. The van der Waals surface area contributed by atoms with Crippen LogP contribution in [0.2, 0.25) is 0 Å². The lowest BCUT2D eigenvalue weighted by atomic mass is 9.53. The highest BCUT2D eigenvalue weighted by Gasteiger charge is 2.51. The molecule has 4 aliphatic carbocycles. The molecule has 6 heteroatoms. The van der Waals surface area contributed by atoms with Crippen molar-refractivity contribution in [1.29, 1.82) is 0 Å². The molecule has 6 nitrogen and oxygen atoms in total. The zero-order valence-electron chi connectivity index (χ0n) is 16.1. The summed E-state index contributed by atoms with van der Waals surface area (Å²) in [4.78, 5) is 24.3. The summed E-state index contributed by atoms with van der Waals surface area (Å²) >= 11 is 0. The van der Waals surface area contributed by atoms with Crippen molar-refractivity contribution in [3.8, 4) is 11.5 Å².